The summed E-state index contributed by atoms with van der Waals surface area (Å²) in [6.45, 7) is 7.78. The molecule has 1 aliphatic rings. The lowest BCUT2D eigenvalue weighted by atomic mass is 9.75. The first kappa shape index (κ1) is 21.8. The zero-order valence-electron chi connectivity index (χ0n) is 17.9. The fourth-order valence-corrected chi connectivity index (χ4v) is 3.89. The fraction of sp³-hybridized carbons (Fsp3) is 0.545. The Bertz CT molecular complexity index is 824. The molecule has 2 aromatic rings. The Labute approximate surface area is 178 Å². The van der Waals surface area contributed by atoms with Crippen LogP contribution in [0, 0.1) is 18.8 Å². The number of piperidine rings is 1. The number of anilines is 3. The third kappa shape index (κ3) is 5.17. The van der Waals surface area contributed by atoms with Crippen molar-refractivity contribution in [2.24, 2.45) is 11.8 Å². The van der Waals surface area contributed by atoms with Crippen molar-refractivity contribution in [3.05, 3.63) is 41.0 Å². The van der Waals surface area contributed by atoms with Crippen molar-refractivity contribution in [2.45, 2.75) is 32.9 Å². The molecule has 1 fully saturated rings. The van der Waals surface area contributed by atoms with Gasteiger partial charge in [-0.3, -0.25) is 0 Å². The van der Waals surface area contributed by atoms with Gasteiger partial charge >= 0.3 is 0 Å². The summed E-state index contributed by atoms with van der Waals surface area (Å²) in [6, 6.07) is 8.04. The first-order valence-electron chi connectivity index (χ1n) is 10.1. The normalized spacial score (nSPS) is 24.8. The Hall–Kier alpha value is -1.92. The van der Waals surface area contributed by atoms with E-state index < -0.39 is 5.67 Å². The maximum Gasteiger partial charge on any atom is 0.227 e. The van der Waals surface area contributed by atoms with Crippen LogP contribution in [0.1, 0.15) is 25.8 Å². The highest BCUT2D eigenvalue weighted by molar-refractivity contribution is 6.32. The van der Waals surface area contributed by atoms with Gasteiger partial charge in [-0.15, -0.1) is 0 Å². The Morgan fingerprint density at radius 2 is 1.97 bits per heavy atom. The maximum absolute atomic E-state index is 15.4. The first-order valence-corrected chi connectivity index (χ1v) is 10.5. The molecular weight excluding hydrogens is 389 g/mol. The van der Waals surface area contributed by atoms with Crippen LogP contribution < -0.4 is 10.2 Å². The molecule has 7 heteroatoms. The molecule has 3 atom stereocenters. The van der Waals surface area contributed by atoms with Crippen LogP contribution in [-0.2, 0) is 0 Å². The van der Waals surface area contributed by atoms with E-state index in [0.717, 1.165) is 18.7 Å². The van der Waals surface area contributed by atoms with Crippen molar-refractivity contribution < 1.29 is 4.39 Å². The molecule has 0 spiro atoms. The van der Waals surface area contributed by atoms with E-state index in [0.29, 0.717) is 29.9 Å². The summed E-state index contributed by atoms with van der Waals surface area (Å²) in [6.07, 6.45) is 2.41. The molecule has 0 saturated carbocycles. The van der Waals surface area contributed by atoms with Crippen molar-refractivity contribution in [3.63, 3.8) is 0 Å². The molecule has 5 nitrogen and oxygen atoms in total. The molecule has 158 valence electrons. The zero-order valence-corrected chi connectivity index (χ0v) is 18.7. The van der Waals surface area contributed by atoms with Gasteiger partial charge in [0.25, 0.3) is 0 Å². The zero-order chi connectivity index (χ0) is 21.2. The van der Waals surface area contributed by atoms with Crippen molar-refractivity contribution in [1.82, 2.24) is 14.9 Å². The van der Waals surface area contributed by atoms with Crippen molar-refractivity contribution in [3.8, 4) is 0 Å². The van der Waals surface area contributed by atoms with E-state index in [9.17, 15) is 0 Å². The minimum absolute atomic E-state index is 0.0820. The topological polar surface area (TPSA) is 44.3 Å². The second kappa shape index (κ2) is 8.84. The molecular formula is C22H31ClFN5. The van der Waals surface area contributed by atoms with Crippen molar-refractivity contribution in [1.29, 1.82) is 0 Å². The molecule has 0 aliphatic carbocycles. The molecule has 1 aliphatic heterocycles. The van der Waals surface area contributed by atoms with Gasteiger partial charge in [-0.25, -0.2) is 9.37 Å². The van der Waals surface area contributed by atoms with E-state index in [1.807, 2.05) is 52.2 Å². The number of hydrogen-bond acceptors (Lipinski definition) is 5. The average molecular weight is 420 g/mol. The summed E-state index contributed by atoms with van der Waals surface area (Å²) < 4.78 is 15.4. The van der Waals surface area contributed by atoms with Crippen LogP contribution in [0.15, 0.2) is 30.5 Å². The van der Waals surface area contributed by atoms with Gasteiger partial charge in [0, 0.05) is 30.6 Å². The molecule has 1 aromatic carbocycles. The van der Waals surface area contributed by atoms with E-state index in [-0.39, 0.29) is 11.8 Å². The highest BCUT2D eigenvalue weighted by atomic mass is 35.5. The Morgan fingerprint density at radius 1 is 1.28 bits per heavy atom. The fourth-order valence-electron chi connectivity index (χ4n) is 3.75. The monoisotopic (exact) mass is 419 g/mol. The Kier molecular flexibility index (Phi) is 6.64. The summed E-state index contributed by atoms with van der Waals surface area (Å²) in [5.74, 6) is 0.949. The highest BCUT2D eigenvalue weighted by Crippen LogP contribution is 2.39. The second-order valence-corrected chi connectivity index (χ2v) is 9.01. The third-order valence-electron chi connectivity index (χ3n) is 5.95. The molecule has 0 bridgehead atoms. The molecule has 3 unspecified atom stereocenters. The van der Waals surface area contributed by atoms with Crippen LogP contribution in [0.3, 0.4) is 0 Å². The summed E-state index contributed by atoms with van der Waals surface area (Å²) in [5.41, 5.74) is 0.891. The minimum atomic E-state index is -1.21. The lowest BCUT2D eigenvalue weighted by molar-refractivity contribution is 0.0197. The van der Waals surface area contributed by atoms with E-state index in [4.69, 9.17) is 11.6 Å². The van der Waals surface area contributed by atoms with Crippen LogP contribution in [0.5, 0.6) is 0 Å². The predicted octanol–water partition coefficient (Wildman–Crippen LogP) is 4.93. The number of rotatable bonds is 6. The second-order valence-electron chi connectivity index (χ2n) is 8.60. The van der Waals surface area contributed by atoms with E-state index in [2.05, 4.69) is 25.1 Å². The molecule has 2 heterocycles. The molecule has 1 saturated heterocycles. The highest BCUT2D eigenvalue weighted by Gasteiger charge is 2.45. The maximum atomic E-state index is 15.4. The molecule has 0 radical (unpaired) electrons. The number of nitrogens with zero attached hydrogens (tertiary/aromatic N) is 4. The van der Waals surface area contributed by atoms with Gasteiger partial charge in [0.05, 0.1) is 6.20 Å². The Balaban J connectivity index is 1.81. The van der Waals surface area contributed by atoms with Gasteiger partial charge in [0.15, 0.2) is 5.82 Å². The predicted molar refractivity (Wildman–Crippen MR) is 119 cm³/mol. The van der Waals surface area contributed by atoms with E-state index >= 15 is 4.39 Å². The first-order chi connectivity index (χ1) is 13.7. The van der Waals surface area contributed by atoms with Gasteiger partial charge in [-0.1, -0.05) is 36.2 Å². The molecule has 0 amide bonds. The minimum Gasteiger partial charge on any atom is -0.340 e. The van der Waals surface area contributed by atoms with Crippen molar-refractivity contribution >= 4 is 29.1 Å². The van der Waals surface area contributed by atoms with Crippen LogP contribution in [0.25, 0.3) is 0 Å². The quantitative estimate of drug-likeness (QED) is 0.718. The van der Waals surface area contributed by atoms with E-state index in [1.54, 1.807) is 13.1 Å². The number of halogens is 2. The van der Waals surface area contributed by atoms with Crippen LogP contribution in [0.2, 0.25) is 5.02 Å². The number of aryl methyl sites for hydroxylation is 1. The third-order valence-corrected chi connectivity index (χ3v) is 6.23. The number of nitrogens with one attached hydrogen (secondary N) is 1. The molecule has 29 heavy (non-hydrogen) atoms. The largest absolute Gasteiger partial charge is 0.340 e. The van der Waals surface area contributed by atoms with Crippen LogP contribution in [-0.4, -0.2) is 54.3 Å². The summed E-state index contributed by atoms with van der Waals surface area (Å²) in [7, 11) is 4.04. The van der Waals surface area contributed by atoms with E-state index in [1.165, 1.54) is 5.56 Å². The lowest BCUT2D eigenvalue weighted by Crippen LogP contribution is -2.54. The molecule has 1 aromatic heterocycles. The lowest BCUT2D eigenvalue weighted by Gasteiger charge is -2.45. The number of aromatic nitrogens is 2. The van der Waals surface area contributed by atoms with Gasteiger partial charge in [-0.2, -0.15) is 4.98 Å². The van der Waals surface area contributed by atoms with Gasteiger partial charge in [-0.05, 0) is 53.0 Å². The van der Waals surface area contributed by atoms with Gasteiger partial charge in [0.2, 0.25) is 5.95 Å². The van der Waals surface area contributed by atoms with Crippen LogP contribution in [0.4, 0.5) is 21.8 Å². The molecule has 1 N–H and O–H groups in total. The Morgan fingerprint density at radius 3 is 2.62 bits per heavy atom. The van der Waals surface area contributed by atoms with Gasteiger partial charge < -0.3 is 15.1 Å². The summed E-state index contributed by atoms with van der Waals surface area (Å²) in [4.78, 5) is 13.3. The van der Waals surface area contributed by atoms with Crippen LogP contribution >= 0.6 is 11.6 Å². The number of benzene rings is 1. The summed E-state index contributed by atoms with van der Waals surface area (Å²) in [5, 5.41) is 3.72. The number of alkyl halides is 1. The average Bonchev–Trinajstić information content (AvgIpc) is 2.66. The SMILES string of the molecule is Cc1ccc(Nc2nc(N3CC(C)C(C)(F)C(CCN(C)C)C3)ncc2Cl)cc1. The standard InChI is InChI=1S/C22H31ClFN5/c1-15-6-8-18(9-7-15)26-20-19(23)12-25-21(27-20)29-13-16(2)22(3,24)17(14-29)10-11-28(4)5/h6-9,12,16-17H,10-11,13-14H2,1-5H3,(H,25,26,27). The van der Waals surface area contributed by atoms with Crippen molar-refractivity contribution in [2.75, 3.05) is 43.9 Å². The summed E-state index contributed by atoms with van der Waals surface area (Å²) >= 11 is 6.33. The number of hydrogen-bond donors (Lipinski definition) is 1. The smallest absolute Gasteiger partial charge is 0.227 e. The molecule has 3 rings (SSSR count). The van der Waals surface area contributed by atoms with Gasteiger partial charge in [0.1, 0.15) is 10.7 Å².